The van der Waals surface area contributed by atoms with Gasteiger partial charge in [0.05, 0.1) is 6.07 Å². The SMILES string of the molecule is CCCC(CC#N)CC(C)C. The molecule has 0 saturated heterocycles. The van der Waals surface area contributed by atoms with E-state index in [4.69, 9.17) is 5.26 Å². The van der Waals surface area contributed by atoms with E-state index in [1.165, 1.54) is 19.3 Å². The molecule has 1 atom stereocenters. The molecular weight excluding hydrogens is 134 g/mol. The number of rotatable bonds is 5. The van der Waals surface area contributed by atoms with Crippen LogP contribution in [0.5, 0.6) is 0 Å². The highest BCUT2D eigenvalue weighted by Gasteiger charge is 2.08. The van der Waals surface area contributed by atoms with Crippen molar-refractivity contribution in [3.8, 4) is 6.07 Å². The summed E-state index contributed by atoms with van der Waals surface area (Å²) in [7, 11) is 0. The smallest absolute Gasteiger partial charge is 0.0624 e. The van der Waals surface area contributed by atoms with Crippen molar-refractivity contribution in [2.75, 3.05) is 0 Å². The highest BCUT2D eigenvalue weighted by atomic mass is 14.2. The van der Waals surface area contributed by atoms with Crippen LogP contribution in [0.25, 0.3) is 0 Å². The lowest BCUT2D eigenvalue weighted by atomic mass is 9.91. The maximum Gasteiger partial charge on any atom is 0.0624 e. The summed E-state index contributed by atoms with van der Waals surface area (Å²) in [5.74, 6) is 1.38. The van der Waals surface area contributed by atoms with Crippen LogP contribution >= 0.6 is 0 Å². The summed E-state index contributed by atoms with van der Waals surface area (Å²) in [5.41, 5.74) is 0. The van der Waals surface area contributed by atoms with Crippen molar-refractivity contribution in [2.45, 2.75) is 46.5 Å². The first kappa shape index (κ1) is 10.5. The summed E-state index contributed by atoms with van der Waals surface area (Å²) >= 11 is 0. The summed E-state index contributed by atoms with van der Waals surface area (Å²) in [6.45, 7) is 6.63. The summed E-state index contributed by atoms with van der Waals surface area (Å²) < 4.78 is 0. The molecule has 0 saturated carbocycles. The second-order valence-electron chi connectivity index (χ2n) is 3.65. The van der Waals surface area contributed by atoms with Gasteiger partial charge in [0.1, 0.15) is 0 Å². The van der Waals surface area contributed by atoms with E-state index >= 15 is 0 Å². The van der Waals surface area contributed by atoms with Gasteiger partial charge in [-0.25, -0.2) is 0 Å². The van der Waals surface area contributed by atoms with E-state index < -0.39 is 0 Å². The molecule has 1 unspecified atom stereocenters. The highest BCUT2D eigenvalue weighted by molar-refractivity contribution is 4.76. The number of hydrogen-bond donors (Lipinski definition) is 0. The van der Waals surface area contributed by atoms with Crippen LogP contribution in [-0.4, -0.2) is 0 Å². The van der Waals surface area contributed by atoms with Crippen LogP contribution in [0.4, 0.5) is 0 Å². The fraction of sp³-hybridized carbons (Fsp3) is 0.900. The monoisotopic (exact) mass is 153 g/mol. The van der Waals surface area contributed by atoms with Crippen molar-refractivity contribution in [2.24, 2.45) is 11.8 Å². The van der Waals surface area contributed by atoms with Gasteiger partial charge in [-0.05, 0) is 24.7 Å². The normalized spacial score (nSPS) is 13.0. The van der Waals surface area contributed by atoms with Crippen LogP contribution in [0.1, 0.15) is 46.5 Å². The van der Waals surface area contributed by atoms with Crippen molar-refractivity contribution >= 4 is 0 Å². The van der Waals surface area contributed by atoms with Crippen molar-refractivity contribution in [3.63, 3.8) is 0 Å². The second kappa shape index (κ2) is 6.22. The summed E-state index contributed by atoms with van der Waals surface area (Å²) in [6, 6.07) is 2.26. The quantitative estimate of drug-likeness (QED) is 0.594. The van der Waals surface area contributed by atoms with Crippen LogP contribution in [-0.2, 0) is 0 Å². The Hall–Kier alpha value is -0.510. The molecule has 0 aliphatic carbocycles. The van der Waals surface area contributed by atoms with Crippen molar-refractivity contribution < 1.29 is 0 Å². The van der Waals surface area contributed by atoms with Gasteiger partial charge >= 0.3 is 0 Å². The van der Waals surface area contributed by atoms with Crippen LogP contribution in [0.2, 0.25) is 0 Å². The maximum absolute atomic E-state index is 8.53. The van der Waals surface area contributed by atoms with Gasteiger partial charge < -0.3 is 0 Å². The topological polar surface area (TPSA) is 23.8 Å². The second-order valence-corrected chi connectivity index (χ2v) is 3.65. The zero-order valence-corrected chi connectivity index (χ0v) is 7.93. The molecule has 0 aromatic heterocycles. The number of nitriles is 1. The molecule has 0 aliphatic heterocycles. The zero-order chi connectivity index (χ0) is 8.69. The Balaban J connectivity index is 3.61. The first-order valence-corrected chi connectivity index (χ1v) is 4.57. The molecule has 0 aromatic rings. The molecular formula is C10H19N. The molecule has 1 nitrogen and oxygen atoms in total. The van der Waals surface area contributed by atoms with Gasteiger partial charge in [-0.3, -0.25) is 0 Å². The van der Waals surface area contributed by atoms with Gasteiger partial charge in [0.15, 0.2) is 0 Å². The molecule has 0 aliphatic rings. The van der Waals surface area contributed by atoms with Gasteiger partial charge in [-0.1, -0.05) is 27.2 Å². The predicted molar refractivity (Wildman–Crippen MR) is 48.1 cm³/mol. The van der Waals surface area contributed by atoms with Crippen molar-refractivity contribution in [1.82, 2.24) is 0 Å². The molecule has 0 N–H and O–H groups in total. The maximum atomic E-state index is 8.53. The van der Waals surface area contributed by atoms with Gasteiger partial charge in [0, 0.05) is 6.42 Å². The molecule has 0 rings (SSSR count). The van der Waals surface area contributed by atoms with E-state index in [1.807, 2.05) is 0 Å². The highest BCUT2D eigenvalue weighted by Crippen LogP contribution is 2.19. The largest absolute Gasteiger partial charge is 0.198 e. The molecule has 0 amide bonds. The fourth-order valence-corrected chi connectivity index (χ4v) is 1.51. The number of hydrogen-bond acceptors (Lipinski definition) is 1. The minimum atomic E-state index is 0.644. The summed E-state index contributed by atoms with van der Waals surface area (Å²) in [6.07, 6.45) is 4.37. The van der Waals surface area contributed by atoms with Gasteiger partial charge in [-0.15, -0.1) is 0 Å². The van der Waals surface area contributed by atoms with Crippen molar-refractivity contribution in [3.05, 3.63) is 0 Å². The molecule has 0 spiro atoms. The van der Waals surface area contributed by atoms with E-state index in [0.717, 1.165) is 12.3 Å². The average molecular weight is 153 g/mol. The van der Waals surface area contributed by atoms with Crippen LogP contribution in [0.15, 0.2) is 0 Å². The predicted octanol–water partition coefficient (Wildman–Crippen LogP) is 3.36. The van der Waals surface area contributed by atoms with E-state index in [1.54, 1.807) is 0 Å². The third-order valence-electron chi connectivity index (χ3n) is 1.88. The molecule has 0 bridgehead atoms. The molecule has 0 heterocycles. The molecule has 0 fully saturated rings. The third kappa shape index (κ3) is 5.91. The Morgan fingerprint density at radius 2 is 2.00 bits per heavy atom. The van der Waals surface area contributed by atoms with Crippen molar-refractivity contribution in [1.29, 1.82) is 5.26 Å². The molecule has 0 radical (unpaired) electrons. The lowest BCUT2D eigenvalue weighted by Crippen LogP contribution is -2.03. The molecule has 0 aromatic carbocycles. The molecule has 11 heavy (non-hydrogen) atoms. The van der Waals surface area contributed by atoms with E-state index in [-0.39, 0.29) is 0 Å². The van der Waals surface area contributed by atoms with E-state index in [9.17, 15) is 0 Å². The Kier molecular flexibility index (Phi) is 5.93. The summed E-state index contributed by atoms with van der Waals surface area (Å²) in [4.78, 5) is 0. The standard InChI is InChI=1S/C10H19N/c1-4-5-10(6-7-11)8-9(2)3/h9-10H,4-6,8H2,1-3H3. The van der Waals surface area contributed by atoms with Crippen LogP contribution in [0.3, 0.4) is 0 Å². The van der Waals surface area contributed by atoms with Crippen LogP contribution < -0.4 is 0 Å². The van der Waals surface area contributed by atoms with Gasteiger partial charge in [0.25, 0.3) is 0 Å². The minimum Gasteiger partial charge on any atom is -0.198 e. The Morgan fingerprint density at radius 1 is 1.36 bits per heavy atom. The summed E-state index contributed by atoms with van der Waals surface area (Å²) in [5, 5.41) is 8.53. The molecule has 64 valence electrons. The van der Waals surface area contributed by atoms with E-state index in [0.29, 0.717) is 5.92 Å². The zero-order valence-electron chi connectivity index (χ0n) is 7.93. The molecule has 1 heteroatoms. The average Bonchev–Trinajstić information content (AvgIpc) is 1.87. The Morgan fingerprint density at radius 3 is 2.36 bits per heavy atom. The lowest BCUT2D eigenvalue weighted by molar-refractivity contribution is 0.389. The minimum absolute atomic E-state index is 0.644. The van der Waals surface area contributed by atoms with Crippen LogP contribution in [0, 0.1) is 23.2 Å². The lowest BCUT2D eigenvalue weighted by Gasteiger charge is -2.14. The van der Waals surface area contributed by atoms with Gasteiger partial charge in [0.2, 0.25) is 0 Å². The third-order valence-corrected chi connectivity index (χ3v) is 1.88. The Bertz CT molecular complexity index is 121. The Labute approximate surface area is 70.4 Å². The number of nitrogens with zero attached hydrogens (tertiary/aromatic N) is 1. The fourth-order valence-electron chi connectivity index (χ4n) is 1.51. The van der Waals surface area contributed by atoms with E-state index in [2.05, 4.69) is 26.8 Å². The first-order valence-electron chi connectivity index (χ1n) is 4.57. The first-order chi connectivity index (χ1) is 5.20. The van der Waals surface area contributed by atoms with Gasteiger partial charge in [-0.2, -0.15) is 5.26 Å².